The van der Waals surface area contributed by atoms with Crippen molar-refractivity contribution in [2.75, 3.05) is 13.1 Å². The van der Waals surface area contributed by atoms with Crippen LogP contribution >= 0.6 is 0 Å². The average molecular weight is 364 g/mol. The molecular weight excluding hydrogens is 344 g/mol. The lowest BCUT2D eigenvalue weighted by atomic mass is 9.85. The lowest BCUT2D eigenvalue weighted by molar-refractivity contribution is -0.147. The first kappa shape index (κ1) is 17.4. The van der Waals surface area contributed by atoms with Gasteiger partial charge in [0, 0.05) is 12.7 Å². The molecule has 1 aliphatic heterocycles. The third kappa shape index (κ3) is 3.01. The van der Waals surface area contributed by atoms with Gasteiger partial charge in [0.25, 0.3) is 0 Å². The number of fused-ring (bicyclic) bond motifs is 5. The van der Waals surface area contributed by atoms with E-state index in [4.69, 9.17) is 5.26 Å². The van der Waals surface area contributed by atoms with E-state index in [2.05, 4.69) is 4.98 Å². The quantitative estimate of drug-likeness (QED) is 0.557. The van der Waals surface area contributed by atoms with Crippen LogP contribution in [0.5, 0.6) is 0 Å². The van der Waals surface area contributed by atoms with Gasteiger partial charge in [0.05, 0.1) is 36.6 Å². The molecule has 7 nitrogen and oxygen atoms in total. The summed E-state index contributed by atoms with van der Waals surface area (Å²) in [4.78, 5) is 45.2. The van der Waals surface area contributed by atoms with E-state index in [0.717, 1.165) is 11.3 Å². The normalized spacial score (nSPS) is 27.7. The number of imide groups is 1. The summed E-state index contributed by atoms with van der Waals surface area (Å²) in [7, 11) is 0. The van der Waals surface area contributed by atoms with Crippen molar-refractivity contribution >= 4 is 17.7 Å². The van der Waals surface area contributed by atoms with Gasteiger partial charge >= 0.3 is 0 Å². The number of pyridine rings is 1. The van der Waals surface area contributed by atoms with Gasteiger partial charge in [-0.3, -0.25) is 24.3 Å². The molecule has 0 aromatic carbocycles. The van der Waals surface area contributed by atoms with E-state index in [1.165, 1.54) is 4.90 Å². The van der Waals surface area contributed by atoms with Gasteiger partial charge in [-0.25, -0.2) is 0 Å². The summed E-state index contributed by atoms with van der Waals surface area (Å²) >= 11 is 0. The maximum Gasteiger partial charge on any atom is 0.243 e. The van der Waals surface area contributed by atoms with E-state index in [9.17, 15) is 14.4 Å². The maximum absolute atomic E-state index is 12.8. The molecule has 7 heteroatoms. The summed E-state index contributed by atoms with van der Waals surface area (Å²) in [5.41, 5.74) is 0.696. The van der Waals surface area contributed by atoms with Crippen molar-refractivity contribution in [3.8, 4) is 6.07 Å². The molecule has 1 saturated heterocycles. The van der Waals surface area contributed by atoms with Gasteiger partial charge in [-0.15, -0.1) is 0 Å². The van der Waals surface area contributed by atoms with Crippen molar-refractivity contribution < 1.29 is 14.4 Å². The first-order valence-corrected chi connectivity index (χ1v) is 9.18. The van der Waals surface area contributed by atoms with Crippen LogP contribution in [-0.2, 0) is 20.9 Å². The molecule has 27 heavy (non-hydrogen) atoms. The van der Waals surface area contributed by atoms with Crippen LogP contribution in [0, 0.1) is 35.0 Å². The lowest BCUT2D eigenvalue weighted by Crippen LogP contribution is -2.44. The molecule has 2 fully saturated rings. The van der Waals surface area contributed by atoms with Crippen LogP contribution in [0.4, 0.5) is 0 Å². The van der Waals surface area contributed by atoms with Crippen molar-refractivity contribution in [1.29, 1.82) is 5.26 Å². The molecule has 0 spiro atoms. The molecule has 2 aliphatic carbocycles. The molecule has 2 bridgehead atoms. The third-order valence-electron chi connectivity index (χ3n) is 5.78. The van der Waals surface area contributed by atoms with Gasteiger partial charge in [-0.05, 0) is 30.4 Å². The summed E-state index contributed by atoms with van der Waals surface area (Å²) in [6, 6.07) is 7.44. The summed E-state index contributed by atoms with van der Waals surface area (Å²) in [5.74, 6) is -1.15. The summed E-state index contributed by atoms with van der Waals surface area (Å²) in [5, 5.41) is 8.88. The smallest absolute Gasteiger partial charge is 0.243 e. The fourth-order valence-electron chi connectivity index (χ4n) is 4.52. The number of hydrogen-bond donors (Lipinski definition) is 0. The highest BCUT2D eigenvalue weighted by Crippen LogP contribution is 2.52. The molecule has 0 N–H and O–H groups in total. The van der Waals surface area contributed by atoms with E-state index in [0.29, 0.717) is 5.69 Å². The molecule has 4 atom stereocenters. The summed E-state index contributed by atoms with van der Waals surface area (Å²) < 4.78 is 0. The molecule has 3 aliphatic rings. The second-order valence-corrected chi connectivity index (χ2v) is 7.31. The Balaban J connectivity index is 1.47. The molecule has 4 unspecified atom stereocenters. The molecule has 1 aromatic rings. The maximum atomic E-state index is 12.8. The number of likely N-dealkylation sites (tertiary alicyclic amines) is 1. The first-order chi connectivity index (χ1) is 13.1. The number of nitrogens with zero attached hydrogens (tertiary/aromatic N) is 4. The molecular formula is C20H20N4O3. The van der Waals surface area contributed by atoms with Crippen molar-refractivity contribution in [3.63, 3.8) is 0 Å². The SMILES string of the molecule is N#CCCN(Cc1ccccn1)C(=O)CN1C(=O)C2C3C=CC(C3)C2C1=O. The Morgan fingerprint density at radius 3 is 2.52 bits per heavy atom. The van der Waals surface area contributed by atoms with Gasteiger partial charge in [0.1, 0.15) is 6.54 Å². The zero-order valence-electron chi connectivity index (χ0n) is 14.8. The Labute approximate surface area is 157 Å². The Hall–Kier alpha value is -3.01. The van der Waals surface area contributed by atoms with E-state index in [1.807, 2.05) is 24.3 Å². The minimum Gasteiger partial charge on any atom is -0.334 e. The van der Waals surface area contributed by atoms with Crippen molar-refractivity contribution in [2.45, 2.75) is 19.4 Å². The van der Waals surface area contributed by atoms with Crippen LogP contribution in [0.2, 0.25) is 0 Å². The Morgan fingerprint density at radius 2 is 1.93 bits per heavy atom. The predicted octanol–water partition coefficient (Wildman–Crippen LogP) is 1.13. The molecule has 1 aromatic heterocycles. The lowest BCUT2D eigenvalue weighted by Gasteiger charge is -2.24. The number of rotatable bonds is 6. The Kier molecular flexibility index (Phi) is 4.48. The van der Waals surface area contributed by atoms with Crippen LogP contribution < -0.4 is 0 Å². The van der Waals surface area contributed by atoms with E-state index >= 15 is 0 Å². The summed E-state index contributed by atoms with van der Waals surface area (Å²) in [6.07, 6.45) is 6.74. The van der Waals surface area contributed by atoms with E-state index < -0.39 is 0 Å². The standard InChI is InChI=1S/C20H20N4O3/c21-7-3-9-23(11-15-4-1-2-8-22-15)16(25)12-24-19(26)17-13-5-6-14(10-13)18(17)20(24)27/h1-2,4-6,8,13-14,17-18H,3,9-12H2. The molecule has 3 amide bonds. The largest absolute Gasteiger partial charge is 0.334 e. The van der Waals surface area contributed by atoms with Crippen molar-refractivity contribution in [3.05, 3.63) is 42.2 Å². The number of hydrogen-bond acceptors (Lipinski definition) is 5. The minimum absolute atomic E-state index is 0.125. The number of allylic oxidation sites excluding steroid dienone is 2. The summed E-state index contributed by atoms with van der Waals surface area (Å²) in [6.45, 7) is 0.224. The van der Waals surface area contributed by atoms with Gasteiger partial charge in [-0.1, -0.05) is 18.2 Å². The highest BCUT2D eigenvalue weighted by atomic mass is 16.2. The fourth-order valence-corrected chi connectivity index (χ4v) is 4.52. The van der Waals surface area contributed by atoms with Crippen LogP contribution in [-0.4, -0.2) is 45.6 Å². The van der Waals surface area contributed by atoms with E-state index in [-0.39, 0.29) is 67.4 Å². The number of nitriles is 1. The van der Waals surface area contributed by atoms with Gasteiger partial charge < -0.3 is 4.90 Å². The second kappa shape index (κ2) is 6.95. The predicted molar refractivity (Wildman–Crippen MR) is 94.3 cm³/mol. The van der Waals surface area contributed by atoms with Crippen LogP contribution in [0.15, 0.2) is 36.5 Å². The zero-order chi connectivity index (χ0) is 19.0. The molecule has 2 heterocycles. The van der Waals surface area contributed by atoms with Crippen LogP contribution in [0.25, 0.3) is 0 Å². The number of carbonyl (C=O) groups excluding carboxylic acids is 3. The molecule has 4 rings (SSSR count). The zero-order valence-corrected chi connectivity index (χ0v) is 14.8. The Bertz CT molecular complexity index is 815. The van der Waals surface area contributed by atoms with Gasteiger partial charge in [0.15, 0.2) is 0 Å². The van der Waals surface area contributed by atoms with E-state index in [1.54, 1.807) is 18.3 Å². The highest BCUT2D eigenvalue weighted by Gasteiger charge is 2.59. The number of amides is 3. The van der Waals surface area contributed by atoms with Gasteiger partial charge in [-0.2, -0.15) is 5.26 Å². The highest BCUT2D eigenvalue weighted by molar-refractivity contribution is 6.08. The molecule has 138 valence electrons. The van der Waals surface area contributed by atoms with Crippen molar-refractivity contribution in [1.82, 2.24) is 14.8 Å². The molecule has 1 saturated carbocycles. The number of aromatic nitrogens is 1. The third-order valence-corrected chi connectivity index (χ3v) is 5.78. The van der Waals surface area contributed by atoms with Crippen LogP contribution in [0.1, 0.15) is 18.5 Å². The number of carbonyl (C=O) groups is 3. The average Bonchev–Trinajstić information content (AvgIpc) is 3.36. The molecule has 0 radical (unpaired) electrons. The second-order valence-electron chi connectivity index (χ2n) is 7.31. The first-order valence-electron chi connectivity index (χ1n) is 9.18. The minimum atomic E-state index is -0.335. The Morgan fingerprint density at radius 1 is 1.22 bits per heavy atom. The van der Waals surface area contributed by atoms with Gasteiger partial charge in [0.2, 0.25) is 17.7 Å². The topological polar surface area (TPSA) is 94.4 Å². The monoisotopic (exact) mass is 364 g/mol. The van der Waals surface area contributed by atoms with Crippen LogP contribution in [0.3, 0.4) is 0 Å². The fraction of sp³-hybridized carbons (Fsp3) is 0.450. The van der Waals surface area contributed by atoms with Crippen molar-refractivity contribution in [2.24, 2.45) is 23.7 Å².